The van der Waals surface area contributed by atoms with E-state index in [1.807, 2.05) is 0 Å². The van der Waals surface area contributed by atoms with Crippen molar-refractivity contribution in [3.63, 3.8) is 0 Å². The molecule has 0 unspecified atom stereocenters. The van der Waals surface area contributed by atoms with Gasteiger partial charge >= 0.3 is 17.9 Å². The summed E-state index contributed by atoms with van der Waals surface area (Å²) in [4.78, 5) is 116. The molecule has 0 fully saturated rings. The summed E-state index contributed by atoms with van der Waals surface area (Å²) in [6.07, 6.45) is -1.52. The number of aliphatic hydroxyl groups excluding tert-OH is 1. The van der Waals surface area contributed by atoms with E-state index in [0.717, 1.165) is 6.92 Å². The normalized spacial score (nSPS) is 14.6. The van der Waals surface area contributed by atoms with Crippen LogP contribution in [0.2, 0.25) is 0 Å². The molecule has 7 atom stereocenters. The predicted octanol–water partition coefficient (Wildman–Crippen LogP) is -4.49. The monoisotopic (exact) mass is 820 g/mol. The number of amides is 6. The van der Waals surface area contributed by atoms with Crippen LogP contribution < -0.4 is 49.1 Å². The maximum Gasteiger partial charge on any atom is 0.326 e. The summed E-state index contributed by atoms with van der Waals surface area (Å²) in [5.74, 6) is -10.1. The van der Waals surface area contributed by atoms with E-state index in [9.17, 15) is 58.5 Å². The number of hydrogen-bond donors (Lipinski definition) is 13. The van der Waals surface area contributed by atoms with Gasteiger partial charge in [0.15, 0.2) is 5.96 Å². The summed E-state index contributed by atoms with van der Waals surface area (Å²) in [6, 6.07) is -9.00. The van der Waals surface area contributed by atoms with Crippen LogP contribution in [0, 0.1) is 5.92 Å². The third kappa shape index (κ3) is 21.6. The molecule has 0 aliphatic rings. The molecule has 0 aliphatic carbocycles. The molecule has 0 aromatic carbocycles. The molecule has 56 heavy (non-hydrogen) atoms. The van der Waals surface area contributed by atoms with E-state index in [4.69, 9.17) is 22.3 Å². The van der Waals surface area contributed by atoms with E-state index in [0.29, 0.717) is 5.75 Å². The number of aliphatic imine (C=N–C) groups is 1. The number of thioether (sulfide) groups is 1. The van der Waals surface area contributed by atoms with Crippen molar-refractivity contribution < 1.29 is 63.6 Å². The SMILES string of the molecule is CSCC[C@H](NC(=O)CNC(=O)[C@@H](N)CCC(=O)O)C(=O)N[C@H](C(=O)N[C@@H](CC(=O)O)C(=O)N[C@@H](CCCN=C(N)N)C(=O)N[C@@H](CC(C)C)C(=O)O)[C@@H](C)O. The molecule has 0 aromatic rings. The highest BCUT2D eigenvalue weighted by Crippen LogP contribution is 2.09. The fraction of sp³-hybridized carbons (Fsp3) is 0.688. The number of rotatable bonds is 28. The van der Waals surface area contributed by atoms with Gasteiger partial charge in [0, 0.05) is 13.0 Å². The van der Waals surface area contributed by atoms with E-state index < -0.39 is 109 Å². The fourth-order valence-corrected chi connectivity index (χ4v) is 5.24. The molecule has 24 heteroatoms. The summed E-state index contributed by atoms with van der Waals surface area (Å²) in [6.45, 7) is 3.94. The van der Waals surface area contributed by atoms with Gasteiger partial charge in [0.05, 0.1) is 25.1 Å². The molecule has 0 bridgehead atoms. The standard InChI is InChI=1S/C32H56N10O13S/c1-15(2)12-21(31(54)55)41-27(50)18(6-5-10-36-32(34)35)39-29(52)20(13-24(47)48)40-30(53)25(16(3)43)42-28(51)19(9-11-56-4)38-22(44)14-37-26(49)17(33)7-8-23(45)46/h15-21,25,43H,5-14,33H2,1-4H3,(H,37,49)(H,38,44)(H,39,52)(H,40,53)(H,41,50)(H,42,51)(H,45,46)(H,47,48)(H,54,55)(H4,34,35,36)/t16-,17+,18+,19+,20+,21+,25+/m1/s1. The van der Waals surface area contributed by atoms with Gasteiger partial charge in [0.1, 0.15) is 30.2 Å². The Balaban J connectivity index is 6.05. The maximum atomic E-state index is 13.4. The average molecular weight is 821 g/mol. The third-order valence-electron chi connectivity index (χ3n) is 7.67. The Labute approximate surface area is 327 Å². The number of carboxylic acids is 3. The Morgan fingerprint density at radius 1 is 0.696 bits per heavy atom. The first-order valence-electron chi connectivity index (χ1n) is 17.5. The van der Waals surface area contributed by atoms with Crippen molar-refractivity contribution in [2.75, 3.05) is 25.1 Å². The number of nitrogens with one attached hydrogen (secondary N) is 6. The first kappa shape index (κ1) is 50.8. The van der Waals surface area contributed by atoms with Gasteiger partial charge in [-0.25, -0.2) is 4.79 Å². The summed E-state index contributed by atoms with van der Waals surface area (Å²) >= 11 is 1.30. The second kappa shape index (κ2) is 26.6. The lowest BCUT2D eigenvalue weighted by molar-refractivity contribution is -0.144. The molecule has 0 aliphatic heterocycles. The van der Waals surface area contributed by atoms with Crippen molar-refractivity contribution in [1.29, 1.82) is 0 Å². The molecule has 318 valence electrons. The summed E-state index contributed by atoms with van der Waals surface area (Å²) in [5.41, 5.74) is 16.3. The van der Waals surface area contributed by atoms with E-state index in [1.165, 1.54) is 11.8 Å². The lowest BCUT2D eigenvalue weighted by atomic mass is 10.0. The second-order valence-corrected chi connectivity index (χ2v) is 14.1. The number of nitrogens with two attached hydrogens (primary N) is 3. The zero-order valence-electron chi connectivity index (χ0n) is 31.7. The van der Waals surface area contributed by atoms with Gasteiger partial charge in [-0.2, -0.15) is 11.8 Å². The van der Waals surface area contributed by atoms with Crippen LogP contribution in [0.1, 0.15) is 65.7 Å². The molecule has 0 saturated carbocycles. The molecule has 0 rings (SSSR count). The molecule has 0 aromatic heterocycles. The highest BCUT2D eigenvalue weighted by atomic mass is 32.2. The lowest BCUT2D eigenvalue weighted by Crippen LogP contribution is -2.61. The van der Waals surface area contributed by atoms with Gasteiger partial charge < -0.3 is 69.5 Å². The van der Waals surface area contributed by atoms with Crippen molar-refractivity contribution in [1.82, 2.24) is 31.9 Å². The van der Waals surface area contributed by atoms with Gasteiger partial charge in [-0.3, -0.25) is 43.3 Å². The number of guanidine groups is 1. The number of aliphatic hydroxyl groups is 1. The molecule has 6 amide bonds. The summed E-state index contributed by atoms with van der Waals surface area (Å²) in [7, 11) is 0. The third-order valence-corrected chi connectivity index (χ3v) is 8.31. The molecular formula is C32H56N10O13S. The van der Waals surface area contributed by atoms with Crippen LogP contribution in [0.5, 0.6) is 0 Å². The number of carbonyl (C=O) groups excluding carboxylic acids is 6. The number of aliphatic carboxylic acids is 3. The second-order valence-electron chi connectivity index (χ2n) is 13.1. The highest BCUT2D eigenvalue weighted by molar-refractivity contribution is 7.98. The Kier molecular flexibility index (Phi) is 24.1. The van der Waals surface area contributed by atoms with Gasteiger partial charge in [-0.05, 0) is 57.0 Å². The van der Waals surface area contributed by atoms with Gasteiger partial charge in [-0.1, -0.05) is 13.8 Å². The van der Waals surface area contributed by atoms with Gasteiger partial charge in [-0.15, -0.1) is 0 Å². The van der Waals surface area contributed by atoms with E-state index >= 15 is 0 Å². The topological polar surface area (TPSA) is 397 Å². The average Bonchev–Trinajstić information content (AvgIpc) is 3.09. The van der Waals surface area contributed by atoms with Crippen LogP contribution in [0.25, 0.3) is 0 Å². The number of carboxylic acid groups (broad SMARTS) is 3. The van der Waals surface area contributed by atoms with Crippen molar-refractivity contribution >= 4 is 71.1 Å². The smallest absolute Gasteiger partial charge is 0.326 e. The minimum absolute atomic E-state index is 0.00947. The Bertz CT molecular complexity index is 1410. The summed E-state index contributed by atoms with van der Waals surface area (Å²) < 4.78 is 0. The molecule has 0 saturated heterocycles. The highest BCUT2D eigenvalue weighted by Gasteiger charge is 2.35. The first-order valence-corrected chi connectivity index (χ1v) is 18.9. The lowest BCUT2D eigenvalue weighted by Gasteiger charge is -2.27. The molecule has 0 spiro atoms. The van der Waals surface area contributed by atoms with Crippen LogP contribution in [0.3, 0.4) is 0 Å². The number of nitrogens with zero attached hydrogens (tertiary/aromatic N) is 1. The van der Waals surface area contributed by atoms with Gasteiger partial charge in [0.25, 0.3) is 0 Å². The zero-order valence-corrected chi connectivity index (χ0v) is 32.6. The largest absolute Gasteiger partial charge is 0.481 e. The van der Waals surface area contributed by atoms with Crippen LogP contribution in [0.15, 0.2) is 4.99 Å². The number of hydrogen-bond acceptors (Lipinski definition) is 13. The minimum Gasteiger partial charge on any atom is -0.481 e. The first-order chi connectivity index (χ1) is 26.1. The van der Waals surface area contributed by atoms with Gasteiger partial charge in [0.2, 0.25) is 35.4 Å². The quantitative estimate of drug-likeness (QED) is 0.0201. The van der Waals surface area contributed by atoms with E-state index in [2.05, 4.69) is 36.9 Å². The van der Waals surface area contributed by atoms with Crippen molar-refractivity contribution in [2.24, 2.45) is 28.1 Å². The fourth-order valence-electron chi connectivity index (χ4n) is 4.77. The molecule has 23 nitrogen and oxygen atoms in total. The van der Waals surface area contributed by atoms with Crippen molar-refractivity contribution in [3.05, 3.63) is 0 Å². The Morgan fingerprint density at radius 2 is 1.25 bits per heavy atom. The van der Waals surface area contributed by atoms with Crippen molar-refractivity contribution in [2.45, 2.75) is 108 Å². The van der Waals surface area contributed by atoms with E-state index in [-0.39, 0.29) is 56.9 Å². The minimum atomic E-state index is -1.88. The summed E-state index contributed by atoms with van der Waals surface area (Å²) in [5, 5.41) is 52.0. The molecule has 16 N–H and O–H groups in total. The predicted molar refractivity (Wildman–Crippen MR) is 201 cm³/mol. The number of carbonyl (C=O) groups is 9. The molecule has 0 radical (unpaired) electrons. The van der Waals surface area contributed by atoms with Crippen molar-refractivity contribution in [3.8, 4) is 0 Å². The van der Waals surface area contributed by atoms with Crippen LogP contribution in [-0.4, -0.2) is 147 Å². The zero-order chi connectivity index (χ0) is 43.1. The molecular weight excluding hydrogens is 764 g/mol. The van der Waals surface area contributed by atoms with Crippen LogP contribution >= 0.6 is 11.8 Å². The Hall–Kier alpha value is -5.23. The Morgan fingerprint density at radius 3 is 1.77 bits per heavy atom. The molecule has 0 heterocycles. The van der Waals surface area contributed by atoms with Crippen LogP contribution in [0.4, 0.5) is 0 Å². The van der Waals surface area contributed by atoms with E-state index in [1.54, 1.807) is 20.1 Å². The maximum absolute atomic E-state index is 13.4. The van der Waals surface area contributed by atoms with Crippen LogP contribution in [-0.2, 0) is 43.2 Å².